The second kappa shape index (κ2) is 10.2. The molecule has 0 saturated carbocycles. The van der Waals surface area contributed by atoms with Gasteiger partial charge in [-0.15, -0.1) is 0 Å². The maximum atomic E-state index is 12.5. The molecule has 1 rings (SSSR count). The second-order valence-corrected chi connectivity index (χ2v) is 6.64. The zero-order valence-corrected chi connectivity index (χ0v) is 16.7. The van der Waals surface area contributed by atoms with Crippen LogP contribution in [0.4, 0.5) is 10.5 Å². The van der Waals surface area contributed by atoms with Crippen LogP contribution in [0.3, 0.4) is 0 Å². The zero-order valence-electron chi connectivity index (χ0n) is 16.7. The summed E-state index contributed by atoms with van der Waals surface area (Å²) in [6.07, 6.45) is 0.418. The summed E-state index contributed by atoms with van der Waals surface area (Å²) in [6.45, 7) is 5.36. The van der Waals surface area contributed by atoms with Crippen molar-refractivity contribution < 1.29 is 23.8 Å². The molecule has 0 aromatic heterocycles. The van der Waals surface area contributed by atoms with Gasteiger partial charge in [0.2, 0.25) is 0 Å². The van der Waals surface area contributed by atoms with Crippen LogP contribution in [0.2, 0.25) is 0 Å². The highest BCUT2D eigenvalue weighted by Gasteiger charge is 2.22. The van der Waals surface area contributed by atoms with Gasteiger partial charge in [0, 0.05) is 31.0 Å². The molecule has 9 heteroatoms. The number of hydrogen-bond acceptors (Lipinski definition) is 7. The van der Waals surface area contributed by atoms with Gasteiger partial charge in [-0.3, -0.25) is 9.69 Å². The van der Waals surface area contributed by atoms with Crippen molar-refractivity contribution in [3.63, 3.8) is 0 Å². The molecule has 1 aromatic rings. The Hall–Kier alpha value is -3.25. The minimum Gasteiger partial charge on any atom is -0.493 e. The van der Waals surface area contributed by atoms with Crippen molar-refractivity contribution in [3.05, 3.63) is 30.0 Å². The molecule has 0 unspecified atom stereocenters. The van der Waals surface area contributed by atoms with Gasteiger partial charge < -0.3 is 25.3 Å². The maximum Gasteiger partial charge on any atom is 0.414 e. The standard InChI is InChI=1S/C19H26N4O5/c1-19(2,3)28-18(25)23(9-8-20)12-13(11-21)17(24)22-14-6-7-15(26-4)16(10-14)27-5/h6-7,10,12H,8-9,20H2,1-5H3,(H,22,24)/b13-12-. The summed E-state index contributed by atoms with van der Waals surface area (Å²) >= 11 is 0. The number of carbonyl (C=O) groups is 2. The van der Waals surface area contributed by atoms with Crippen molar-refractivity contribution in [2.24, 2.45) is 5.73 Å². The molecule has 0 heterocycles. The van der Waals surface area contributed by atoms with Gasteiger partial charge in [-0.2, -0.15) is 5.26 Å². The largest absolute Gasteiger partial charge is 0.493 e. The van der Waals surface area contributed by atoms with Crippen molar-refractivity contribution in [2.75, 3.05) is 32.6 Å². The number of ether oxygens (including phenoxy) is 3. The predicted molar refractivity (Wildman–Crippen MR) is 104 cm³/mol. The predicted octanol–water partition coefficient (Wildman–Crippen LogP) is 2.25. The monoisotopic (exact) mass is 390 g/mol. The molecule has 0 saturated heterocycles. The first kappa shape index (κ1) is 22.8. The SMILES string of the molecule is COc1ccc(NC(=O)/C(C#N)=C\N(CCN)C(=O)OC(C)(C)C)cc1OC. The molecule has 2 amide bonds. The van der Waals surface area contributed by atoms with Gasteiger partial charge in [0.15, 0.2) is 11.5 Å². The number of anilines is 1. The quantitative estimate of drug-likeness (QED) is 0.540. The van der Waals surface area contributed by atoms with Gasteiger partial charge in [-0.1, -0.05) is 0 Å². The molecule has 0 bridgehead atoms. The molecule has 3 N–H and O–H groups in total. The third-order valence-electron chi connectivity index (χ3n) is 3.29. The van der Waals surface area contributed by atoms with Crippen molar-refractivity contribution in [3.8, 4) is 17.6 Å². The zero-order chi connectivity index (χ0) is 21.3. The van der Waals surface area contributed by atoms with Crippen molar-refractivity contribution in [1.82, 2.24) is 4.90 Å². The van der Waals surface area contributed by atoms with E-state index in [-0.39, 0.29) is 18.7 Å². The van der Waals surface area contributed by atoms with Crippen molar-refractivity contribution >= 4 is 17.7 Å². The van der Waals surface area contributed by atoms with Gasteiger partial charge in [-0.25, -0.2) is 4.79 Å². The molecular formula is C19H26N4O5. The average molecular weight is 390 g/mol. The summed E-state index contributed by atoms with van der Waals surface area (Å²) in [5, 5.41) is 11.9. The van der Waals surface area contributed by atoms with E-state index in [1.165, 1.54) is 14.2 Å². The molecule has 0 fully saturated rings. The molecule has 1 aromatic carbocycles. The fourth-order valence-corrected chi connectivity index (χ4v) is 2.07. The lowest BCUT2D eigenvalue weighted by Gasteiger charge is -2.25. The number of hydrogen-bond donors (Lipinski definition) is 2. The fourth-order valence-electron chi connectivity index (χ4n) is 2.07. The summed E-state index contributed by atoms with van der Waals surface area (Å²) in [4.78, 5) is 25.8. The van der Waals surface area contributed by atoms with Crippen LogP contribution in [0, 0.1) is 11.3 Å². The molecular weight excluding hydrogens is 364 g/mol. The number of nitrogens with zero attached hydrogens (tertiary/aromatic N) is 2. The van der Waals surface area contributed by atoms with E-state index in [0.717, 1.165) is 11.1 Å². The van der Waals surface area contributed by atoms with Crippen LogP contribution < -0.4 is 20.5 Å². The second-order valence-electron chi connectivity index (χ2n) is 6.64. The number of amides is 2. The molecule has 0 aliphatic heterocycles. The highest BCUT2D eigenvalue weighted by Crippen LogP contribution is 2.29. The summed E-state index contributed by atoms with van der Waals surface area (Å²) in [5.74, 6) is 0.220. The van der Waals surface area contributed by atoms with Crippen LogP contribution in [0.15, 0.2) is 30.0 Å². The van der Waals surface area contributed by atoms with Gasteiger partial charge in [0.25, 0.3) is 5.91 Å². The Kier molecular flexibility index (Phi) is 8.29. The van der Waals surface area contributed by atoms with E-state index in [0.29, 0.717) is 17.2 Å². The lowest BCUT2D eigenvalue weighted by molar-refractivity contribution is -0.112. The Balaban J connectivity index is 3.04. The number of nitrogens with two attached hydrogens (primary N) is 1. The van der Waals surface area contributed by atoms with Crippen LogP contribution in [0.25, 0.3) is 0 Å². The third kappa shape index (κ3) is 6.81. The highest BCUT2D eigenvalue weighted by molar-refractivity contribution is 6.06. The van der Waals surface area contributed by atoms with Gasteiger partial charge in [0.05, 0.1) is 14.2 Å². The topological polar surface area (TPSA) is 127 Å². The highest BCUT2D eigenvalue weighted by atomic mass is 16.6. The number of rotatable bonds is 7. The maximum absolute atomic E-state index is 12.5. The van der Waals surface area contributed by atoms with Crippen LogP contribution in [0.1, 0.15) is 20.8 Å². The Morgan fingerprint density at radius 1 is 1.25 bits per heavy atom. The molecule has 9 nitrogen and oxygen atoms in total. The van der Waals surface area contributed by atoms with Crippen molar-refractivity contribution in [2.45, 2.75) is 26.4 Å². The average Bonchev–Trinajstić information content (AvgIpc) is 2.63. The Labute approximate surface area is 164 Å². The van der Waals surface area contributed by atoms with Crippen molar-refractivity contribution in [1.29, 1.82) is 5.26 Å². The van der Waals surface area contributed by atoms with E-state index in [9.17, 15) is 14.9 Å². The number of nitriles is 1. The summed E-state index contributed by atoms with van der Waals surface area (Å²) in [7, 11) is 2.96. The van der Waals surface area contributed by atoms with E-state index >= 15 is 0 Å². The number of methoxy groups -OCH3 is 2. The first-order valence-corrected chi connectivity index (χ1v) is 8.50. The van der Waals surface area contributed by atoms with Crippen LogP contribution >= 0.6 is 0 Å². The molecule has 0 spiro atoms. The van der Waals surface area contributed by atoms with Gasteiger partial charge in [-0.05, 0) is 32.9 Å². The first-order chi connectivity index (χ1) is 13.1. The first-order valence-electron chi connectivity index (χ1n) is 8.50. The fraction of sp³-hybridized carbons (Fsp3) is 0.421. The molecule has 0 aliphatic rings. The summed E-state index contributed by atoms with van der Waals surface area (Å²) in [6, 6.07) is 6.55. The van der Waals surface area contributed by atoms with Crippen LogP contribution in [0.5, 0.6) is 11.5 Å². The molecule has 0 radical (unpaired) electrons. The van der Waals surface area contributed by atoms with E-state index in [1.807, 2.05) is 0 Å². The number of carbonyl (C=O) groups excluding carboxylic acids is 2. The minimum atomic E-state index is -0.730. The van der Waals surface area contributed by atoms with E-state index in [4.69, 9.17) is 19.9 Å². The van der Waals surface area contributed by atoms with Gasteiger partial charge >= 0.3 is 6.09 Å². The minimum absolute atomic E-state index is 0.0870. The van der Waals surface area contributed by atoms with E-state index in [1.54, 1.807) is 45.0 Å². The van der Waals surface area contributed by atoms with Crippen LogP contribution in [-0.2, 0) is 9.53 Å². The van der Waals surface area contributed by atoms with Crippen LogP contribution in [-0.4, -0.2) is 49.8 Å². The Morgan fingerprint density at radius 2 is 1.89 bits per heavy atom. The number of benzene rings is 1. The lowest BCUT2D eigenvalue weighted by atomic mass is 10.2. The van der Waals surface area contributed by atoms with E-state index in [2.05, 4.69) is 5.32 Å². The molecule has 0 atom stereocenters. The molecule has 0 aliphatic carbocycles. The molecule has 28 heavy (non-hydrogen) atoms. The number of nitrogens with one attached hydrogen (secondary N) is 1. The Morgan fingerprint density at radius 3 is 2.39 bits per heavy atom. The smallest absolute Gasteiger partial charge is 0.414 e. The third-order valence-corrected chi connectivity index (χ3v) is 3.29. The Bertz CT molecular complexity index is 778. The summed E-state index contributed by atoms with van der Waals surface area (Å²) in [5.41, 5.74) is 4.90. The lowest BCUT2D eigenvalue weighted by Crippen LogP contribution is -2.37. The van der Waals surface area contributed by atoms with E-state index < -0.39 is 17.6 Å². The normalized spacial score (nSPS) is 11.2. The summed E-state index contributed by atoms with van der Waals surface area (Å²) < 4.78 is 15.6. The van der Waals surface area contributed by atoms with Gasteiger partial charge in [0.1, 0.15) is 17.2 Å². The molecule has 152 valence electrons.